The van der Waals surface area contributed by atoms with Crippen LogP contribution in [0.2, 0.25) is 0 Å². The molecule has 0 radical (unpaired) electrons. The van der Waals surface area contributed by atoms with Crippen molar-refractivity contribution < 1.29 is 32.3 Å². The molecule has 7 nitrogen and oxygen atoms in total. The summed E-state index contributed by atoms with van der Waals surface area (Å²) in [5, 5.41) is 6.63. The minimum Gasteiger partial charge on any atom is -0.496 e. The van der Waals surface area contributed by atoms with Crippen molar-refractivity contribution in [2.24, 2.45) is 5.92 Å². The van der Waals surface area contributed by atoms with Gasteiger partial charge in [-0.15, -0.1) is 9.24 Å². The van der Waals surface area contributed by atoms with E-state index >= 15 is 0 Å². The van der Waals surface area contributed by atoms with Crippen molar-refractivity contribution in [3.05, 3.63) is 77.6 Å². The van der Waals surface area contributed by atoms with E-state index < -0.39 is 18.2 Å². The van der Waals surface area contributed by atoms with Crippen molar-refractivity contribution in [2.75, 3.05) is 20.8 Å². The van der Waals surface area contributed by atoms with Crippen LogP contribution in [0.4, 0.5) is 8.78 Å². The van der Waals surface area contributed by atoms with Gasteiger partial charge in [0.2, 0.25) is 0 Å². The molecule has 228 valence electrons. The number of alkyl halides is 2. The smallest absolute Gasteiger partial charge is 0.291 e. The lowest BCUT2D eigenvalue weighted by Crippen LogP contribution is -2.43. The monoisotopic (exact) mass is 628 g/mol. The molecule has 1 heterocycles. The molecular weight excluding hydrogens is 592 g/mol. The number of aryl methyl sites for hydroxylation is 1. The molecular formula is C32H36F2N2O5P2. The molecule has 1 aliphatic rings. The number of methoxy groups -OCH3 is 1. The average Bonchev–Trinajstić information content (AvgIpc) is 3.02. The second kappa shape index (κ2) is 13.8. The third-order valence-electron chi connectivity index (χ3n) is 7.05. The Labute approximate surface area is 254 Å². The molecule has 43 heavy (non-hydrogen) atoms. The van der Waals surface area contributed by atoms with Gasteiger partial charge in [-0.2, -0.15) is 8.78 Å². The number of carbonyl (C=O) groups excluding carboxylic acids is 2. The van der Waals surface area contributed by atoms with E-state index in [0.717, 1.165) is 18.1 Å². The second-order valence-electron chi connectivity index (χ2n) is 10.6. The Kier molecular flexibility index (Phi) is 10.4. The maximum atomic E-state index is 14.0. The fraction of sp³-hybridized carbons (Fsp3) is 0.312. The van der Waals surface area contributed by atoms with Gasteiger partial charge in [0.1, 0.15) is 23.0 Å². The van der Waals surface area contributed by atoms with Crippen molar-refractivity contribution in [1.82, 2.24) is 10.6 Å². The first kappa shape index (κ1) is 32.4. The first-order chi connectivity index (χ1) is 20.4. The van der Waals surface area contributed by atoms with Crippen LogP contribution in [0, 0.1) is 12.8 Å². The highest BCUT2D eigenvalue weighted by Crippen LogP contribution is 2.36. The van der Waals surface area contributed by atoms with Gasteiger partial charge < -0.3 is 24.5 Å². The molecule has 0 bridgehead atoms. The Hall–Kier alpha value is -3.54. The van der Waals surface area contributed by atoms with Crippen LogP contribution >= 0.6 is 18.5 Å². The van der Waals surface area contributed by atoms with Gasteiger partial charge in [-0.05, 0) is 60.8 Å². The molecule has 0 saturated heterocycles. The van der Waals surface area contributed by atoms with Gasteiger partial charge in [0.15, 0.2) is 6.61 Å². The number of amides is 2. The van der Waals surface area contributed by atoms with Crippen LogP contribution in [-0.2, 0) is 0 Å². The largest absolute Gasteiger partial charge is 0.496 e. The number of nitrogens with one attached hydrogen (secondary N) is 2. The highest BCUT2D eigenvalue weighted by molar-refractivity contribution is 7.27. The number of carbonyl (C=O) groups is 2. The fourth-order valence-corrected chi connectivity index (χ4v) is 5.14. The van der Waals surface area contributed by atoms with E-state index in [4.69, 9.17) is 13.9 Å². The topological polar surface area (TPSA) is 89.8 Å². The lowest BCUT2D eigenvalue weighted by molar-refractivity contribution is 0.0463. The number of hydrogen-bond acceptors (Lipinski definition) is 5. The van der Waals surface area contributed by atoms with Gasteiger partial charge in [0.05, 0.1) is 18.2 Å². The number of halogens is 2. The Morgan fingerprint density at radius 1 is 0.977 bits per heavy atom. The van der Waals surface area contributed by atoms with Gasteiger partial charge in [-0.25, -0.2) is 0 Å². The lowest BCUT2D eigenvalue weighted by Gasteiger charge is -2.33. The summed E-state index contributed by atoms with van der Waals surface area (Å²) in [7, 11) is 7.04. The van der Waals surface area contributed by atoms with Crippen LogP contribution in [0.15, 0.2) is 65.1 Å². The summed E-state index contributed by atoms with van der Waals surface area (Å²) in [4.78, 5) is 26.4. The fourth-order valence-electron chi connectivity index (χ4n) is 4.86. The summed E-state index contributed by atoms with van der Waals surface area (Å²) in [6.45, 7) is 2.84. The quantitative estimate of drug-likeness (QED) is 0.272. The molecule has 11 heteroatoms. The molecule has 2 atom stereocenters. The van der Waals surface area contributed by atoms with Gasteiger partial charge in [-0.3, -0.25) is 9.59 Å². The van der Waals surface area contributed by atoms with Gasteiger partial charge >= 0.3 is 0 Å². The Morgan fingerprint density at radius 3 is 2.26 bits per heavy atom. The summed E-state index contributed by atoms with van der Waals surface area (Å²) in [5.74, 6) is 0.822. The normalized spacial score (nSPS) is 16.0. The van der Waals surface area contributed by atoms with E-state index in [1.54, 1.807) is 37.3 Å². The Balaban J connectivity index is 1.95. The van der Waals surface area contributed by atoms with E-state index in [1.807, 2.05) is 24.3 Å². The third kappa shape index (κ3) is 8.31. The predicted octanol–water partition coefficient (Wildman–Crippen LogP) is 6.29. The highest BCUT2D eigenvalue weighted by atomic mass is 31.0. The van der Waals surface area contributed by atoms with Crippen molar-refractivity contribution >= 4 is 35.6 Å². The van der Waals surface area contributed by atoms with Crippen LogP contribution in [0.5, 0.6) is 11.5 Å². The minimum atomic E-state index is -3.20. The second-order valence-corrected chi connectivity index (χ2v) is 12.1. The number of rotatable bonds is 9. The predicted molar refractivity (Wildman–Crippen MR) is 171 cm³/mol. The van der Waals surface area contributed by atoms with E-state index in [1.165, 1.54) is 29.5 Å². The maximum absolute atomic E-state index is 14.0. The molecule has 2 N–H and O–H groups in total. The molecule has 1 fully saturated rings. The zero-order valence-electron chi connectivity index (χ0n) is 24.5. The van der Waals surface area contributed by atoms with Crippen molar-refractivity contribution in [2.45, 2.75) is 38.4 Å². The first-order valence-electron chi connectivity index (χ1n) is 13.8. The Morgan fingerprint density at radius 2 is 1.65 bits per heavy atom. The molecule has 4 rings (SSSR count). The molecule has 0 spiro atoms. The minimum absolute atomic E-state index is 0.0676. The molecule has 2 amide bonds. The zero-order valence-corrected chi connectivity index (χ0v) is 26.8. The third-order valence-corrected chi connectivity index (χ3v) is 7.60. The van der Waals surface area contributed by atoms with E-state index in [2.05, 4.69) is 26.8 Å². The van der Waals surface area contributed by atoms with Crippen LogP contribution in [0.25, 0.3) is 22.5 Å². The van der Waals surface area contributed by atoms with Gasteiger partial charge in [0, 0.05) is 30.3 Å². The number of ether oxygens (including phenoxy) is 2. The van der Waals surface area contributed by atoms with Crippen molar-refractivity contribution in [1.29, 1.82) is 0 Å². The number of benzene rings is 2. The standard InChI is InChI=1S/C32H36F2N2O5P2/c1-18-13-22(14-18)36-31(38)26-16-21(7-12-27(26)39-4)24-10-11-25(30(37)35-3)29(20-5-8-23(42)9-6-20)41-19(2)15-28(24)40-17-32(33,34)43/h5-12,15-16,18,22H,13-14,17,42-43H2,1-4H3,(H,35,37)(H,36,38). The SMILES string of the molecule is CNC(=O)c1ccc(-c2ccc(OC)c(C(=O)NC3CC(C)C3)c2)c(OCC(F)(F)P)cc(C)oc1-c1ccc(P)cc1. The van der Waals surface area contributed by atoms with E-state index in [-0.39, 0.29) is 34.6 Å². The van der Waals surface area contributed by atoms with Gasteiger partial charge in [0.25, 0.3) is 17.5 Å². The molecule has 1 aliphatic carbocycles. The first-order valence-corrected chi connectivity index (χ1v) is 14.9. The zero-order chi connectivity index (χ0) is 31.3. The Bertz CT molecular complexity index is 1550. The van der Waals surface area contributed by atoms with Crippen LogP contribution in [0.3, 0.4) is 0 Å². The number of hydrogen-bond donors (Lipinski definition) is 2. The summed E-state index contributed by atoms with van der Waals surface area (Å²) in [6.07, 6.45) is 1.79. The maximum Gasteiger partial charge on any atom is 0.291 e. The molecule has 1 aromatic heterocycles. The molecule has 1 saturated carbocycles. The average molecular weight is 629 g/mol. The van der Waals surface area contributed by atoms with E-state index in [0.29, 0.717) is 34.1 Å². The van der Waals surface area contributed by atoms with Crippen LogP contribution in [-0.4, -0.2) is 44.3 Å². The molecule has 2 aromatic carbocycles. The van der Waals surface area contributed by atoms with Crippen molar-refractivity contribution in [3.63, 3.8) is 0 Å². The summed E-state index contributed by atoms with van der Waals surface area (Å²) in [6, 6.07) is 17.0. The van der Waals surface area contributed by atoms with Crippen molar-refractivity contribution in [3.8, 4) is 33.9 Å². The van der Waals surface area contributed by atoms with Gasteiger partial charge in [-0.1, -0.05) is 46.5 Å². The highest BCUT2D eigenvalue weighted by Gasteiger charge is 2.28. The lowest BCUT2D eigenvalue weighted by atomic mass is 9.82. The van der Waals surface area contributed by atoms with Crippen LogP contribution in [0.1, 0.15) is 46.2 Å². The molecule has 2 unspecified atom stereocenters. The van der Waals surface area contributed by atoms with E-state index in [9.17, 15) is 18.4 Å². The molecule has 3 aromatic rings. The summed E-state index contributed by atoms with van der Waals surface area (Å²) in [5.41, 5.74) is -1.24. The van der Waals surface area contributed by atoms with Crippen LogP contribution < -0.4 is 25.4 Å². The summed E-state index contributed by atoms with van der Waals surface area (Å²) < 4.78 is 45.2. The summed E-state index contributed by atoms with van der Waals surface area (Å²) >= 11 is 0. The molecule has 0 aliphatic heterocycles.